The zero-order chi connectivity index (χ0) is 12.0. The Balaban J connectivity index is 2.72. The Bertz CT molecular complexity index is 292. The first-order chi connectivity index (χ1) is 7.61. The molecule has 1 rings (SSSR count). The molecule has 5 nitrogen and oxygen atoms in total. The van der Waals surface area contributed by atoms with Gasteiger partial charge in [0.15, 0.2) is 0 Å². The minimum atomic E-state index is -3.20. The van der Waals surface area contributed by atoms with E-state index in [1.165, 1.54) is 7.11 Å². The molecule has 6 heteroatoms. The van der Waals surface area contributed by atoms with Crippen LogP contribution in [0.15, 0.2) is 0 Å². The second-order valence-electron chi connectivity index (χ2n) is 4.16. The summed E-state index contributed by atoms with van der Waals surface area (Å²) in [6.45, 7) is 1.26. The lowest BCUT2D eigenvalue weighted by Crippen LogP contribution is -2.45. The molecule has 96 valence electrons. The topological polar surface area (TPSA) is 72.6 Å². The summed E-state index contributed by atoms with van der Waals surface area (Å²) in [4.78, 5) is 0. The molecule has 0 aromatic rings. The molecule has 1 unspecified atom stereocenters. The maximum Gasteiger partial charge on any atom is 0.216 e. The molecule has 0 bridgehead atoms. The van der Waals surface area contributed by atoms with Crippen LogP contribution in [-0.2, 0) is 14.8 Å². The fourth-order valence-corrected chi connectivity index (χ4v) is 3.72. The normalized spacial score (nSPS) is 24.2. The Hall–Kier alpha value is -0.170. The Labute approximate surface area is 98.0 Å². The summed E-state index contributed by atoms with van der Waals surface area (Å²) < 4.78 is 30.5. The SMILES string of the molecule is COCCS(=O)(=O)N1CCCCCC1CN. The van der Waals surface area contributed by atoms with Crippen LogP contribution >= 0.6 is 0 Å². The monoisotopic (exact) mass is 250 g/mol. The van der Waals surface area contributed by atoms with Crippen molar-refractivity contribution in [2.45, 2.75) is 31.7 Å². The van der Waals surface area contributed by atoms with Crippen molar-refractivity contribution in [2.24, 2.45) is 5.73 Å². The molecule has 0 spiro atoms. The molecule has 2 N–H and O–H groups in total. The van der Waals surface area contributed by atoms with Gasteiger partial charge in [0.05, 0.1) is 12.4 Å². The number of sulfonamides is 1. The first-order valence-corrected chi connectivity index (χ1v) is 7.41. The number of rotatable bonds is 5. The summed E-state index contributed by atoms with van der Waals surface area (Å²) in [6.07, 6.45) is 3.97. The van der Waals surface area contributed by atoms with Crippen LogP contribution in [-0.4, -0.2) is 51.3 Å². The minimum absolute atomic E-state index is 0.0237. The molecular weight excluding hydrogens is 228 g/mol. The average molecular weight is 250 g/mol. The van der Waals surface area contributed by atoms with Crippen LogP contribution in [0.3, 0.4) is 0 Å². The molecule has 16 heavy (non-hydrogen) atoms. The van der Waals surface area contributed by atoms with Crippen LogP contribution in [0.5, 0.6) is 0 Å². The fourth-order valence-electron chi connectivity index (χ4n) is 2.06. The molecule has 1 saturated heterocycles. The Morgan fingerprint density at radius 3 is 2.75 bits per heavy atom. The fraction of sp³-hybridized carbons (Fsp3) is 1.00. The summed E-state index contributed by atoms with van der Waals surface area (Å²) in [7, 11) is -1.69. The zero-order valence-corrected chi connectivity index (χ0v) is 10.7. The van der Waals surface area contributed by atoms with E-state index >= 15 is 0 Å². The van der Waals surface area contributed by atoms with E-state index in [1.54, 1.807) is 4.31 Å². The van der Waals surface area contributed by atoms with E-state index in [4.69, 9.17) is 10.5 Å². The van der Waals surface area contributed by atoms with Gasteiger partial charge in [0.2, 0.25) is 10.0 Å². The summed E-state index contributed by atoms with van der Waals surface area (Å²) in [5.74, 6) is 0.0556. The number of nitrogens with zero attached hydrogens (tertiary/aromatic N) is 1. The van der Waals surface area contributed by atoms with Gasteiger partial charge in [-0.3, -0.25) is 0 Å². The van der Waals surface area contributed by atoms with Gasteiger partial charge in [-0.05, 0) is 12.8 Å². The van der Waals surface area contributed by atoms with Crippen molar-refractivity contribution < 1.29 is 13.2 Å². The number of hydrogen-bond donors (Lipinski definition) is 1. The van der Waals surface area contributed by atoms with Gasteiger partial charge in [0.1, 0.15) is 0 Å². The van der Waals surface area contributed by atoms with Gasteiger partial charge >= 0.3 is 0 Å². The summed E-state index contributed by atoms with van der Waals surface area (Å²) in [5, 5.41) is 0. The highest BCUT2D eigenvalue weighted by Gasteiger charge is 2.29. The molecule has 0 amide bonds. The molecule has 0 aliphatic carbocycles. The largest absolute Gasteiger partial charge is 0.384 e. The van der Waals surface area contributed by atoms with E-state index in [0.717, 1.165) is 25.7 Å². The van der Waals surface area contributed by atoms with Crippen molar-refractivity contribution in [2.75, 3.05) is 32.6 Å². The second-order valence-corrected chi connectivity index (χ2v) is 6.20. The number of ether oxygens (including phenoxy) is 1. The van der Waals surface area contributed by atoms with Gasteiger partial charge in [0.25, 0.3) is 0 Å². The Morgan fingerprint density at radius 2 is 2.12 bits per heavy atom. The molecule has 1 heterocycles. The minimum Gasteiger partial charge on any atom is -0.384 e. The van der Waals surface area contributed by atoms with Crippen LogP contribution in [0.2, 0.25) is 0 Å². The molecule has 0 aromatic carbocycles. The van der Waals surface area contributed by atoms with Gasteiger partial charge in [-0.1, -0.05) is 12.8 Å². The highest BCUT2D eigenvalue weighted by Crippen LogP contribution is 2.19. The molecule has 1 atom stereocenters. The lowest BCUT2D eigenvalue weighted by molar-refractivity contribution is 0.214. The van der Waals surface area contributed by atoms with Gasteiger partial charge in [-0.15, -0.1) is 0 Å². The number of methoxy groups -OCH3 is 1. The average Bonchev–Trinajstić information content (AvgIpc) is 2.51. The van der Waals surface area contributed by atoms with Crippen molar-refractivity contribution >= 4 is 10.0 Å². The third-order valence-electron chi connectivity index (χ3n) is 3.00. The van der Waals surface area contributed by atoms with E-state index < -0.39 is 10.0 Å². The van der Waals surface area contributed by atoms with Crippen LogP contribution in [0, 0.1) is 0 Å². The Morgan fingerprint density at radius 1 is 1.38 bits per heavy atom. The highest BCUT2D eigenvalue weighted by molar-refractivity contribution is 7.89. The van der Waals surface area contributed by atoms with Crippen LogP contribution in [0.25, 0.3) is 0 Å². The number of nitrogens with two attached hydrogens (primary N) is 1. The zero-order valence-electron chi connectivity index (χ0n) is 9.89. The predicted molar refractivity (Wildman–Crippen MR) is 63.7 cm³/mol. The summed E-state index contributed by atoms with van der Waals surface area (Å²) in [5.41, 5.74) is 5.65. The summed E-state index contributed by atoms with van der Waals surface area (Å²) >= 11 is 0. The smallest absolute Gasteiger partial charge is 0.216 e. The van der Waals surface area contributed by atoms with E-state index in [-0.39, 0.29) is 18.4 Å². The molecular formula is C10H22N2O3S. The van der Waals surface area contributed by atoms with Gasteiger partial charge in [-0.2, -0.15) is 4.31 Å². The van der Waals surface area contributed by atoms with Crippen molar-refractivity contribution in [1.29, 1.82) is 0 Å². The van der Waals surface area contributed by atoms with Crippen LogP contribution in [0.4, 0.5) is 0 Å². The first kappa shape index (κ1) is 13.9. The molecule has 0 aromatic heterocycles. The second kappa shape index (κ2) is 6.54. The van der Waals surface area contributed by atoms with Crippen LogP contribution in [0.1, 0.15) is 25.7 Å². The first-order valence-electron chi connectivity index (χ1n) is 5.80. The maximum atomic E-state index is 12.1. The molecule has 0 radical (unpaired) electrons. The van der Waals surface area contributed by atoms with Gasteiger partial charge in [-0.25, -0.2) is 8.42 Å². The van der Waals surface area contributed by atoms with Crippen molar-refractivity contribution in [3.05, 3.63) is 0 Å². The van der Waals surface area contributed by atoms with Crippen molar-refractivity contribution in [1.82, 2.24) is 4.31 Å². The molecule has 1 fully saturated rings. The summed E-state index contributed by atoms with van der Waals surface area (Å²) in [6, 6.07) is -0.0237. The third-order valence-corrected chi connectivity index (χ3v) is 4.88. The lowest BCUT2D eigenvalue weighted by atomic mass is 10.1. The molecule has 1 aliphatic rings. The van der Waals surface area contributed by atoms with Gasteiger partial charge in [0, 0.05) is 26.2 Å². The lowest BCUT2D eigenvalue weighted by Gasteiger charge is -2.27. The maximum absolute atomic E-state index is 12.1. The van der Waals surface area contributed by atoms with Crippen molar-refractivity contribution in [3.63, 3.8) is 0 Å². The Kier molecular flexibility index (Phi) is 5.68. The quantitative estimate of drug-likeness (QED) is 0.754. The van der Waals surface area contributed by atoms with E-state index in [2.05, 4.69) is 0 Å². The number of hydrogen-bond acceptors (Lipinski definition) is 4. The standard InChI is InChI=1S/C10H22N2O3S/c1-15-7-8-16(13,14)12-6-4-2-3-5-10(12)9-11/h10H,2-9,11H2,1H3. The van der Waals surface area contributed by atoms with Crippen molar-refractivity contribution in [3.8, 4) is 0 Å². The van der Waals surface area contributed by atoms with E-state index in [0.29, 0.717) is 13.1 Å². The molecule has 0 saturated carbocycles. The van der Waals surface area contributed by atoms with Crippen LogP contribution < -0.4 is 5.73 Å². The van der Waals surface area contributed by atoms with E-state index in [9.17, 15) is 8.42 Å². The predicted octanol–water partition coefficient (Wildman–Crippen LogP) is 0.166. The van der Waals surface area contributed by atoms with E-state index in [1.807, 2.05) is 0 Å². The third kappa shape index (κ3) is 3.69. The molecule has 1 aliphatic heterocycles. The highest BCUT2D eigenvalue weighted by atomic mass is 32.2. The van der Waals surface area contributed by atoms with Gasteiger partial charge < -0.3 is 10.5 Å².